The number of hydrogen-bond acceptors (Lipinski definition) is 9. The van der Waals surface area contributed by atoms with Crippen LogP contribution in [0.4, 0.5) is 0 Å². The molecule has 0 aromatic carbocycles. The standard InChI is InChI=1S/C14H17N6O5S/c1-8-5-6-15-12(25-4)11(8)26(21,22)19-13-17-14-16-9(23-2)7-10(24-3)20(14)18-13/h5-7,14H,1-4H3,(H,17,19)/q+1. The summed E-state index contributed by atoms with van der Waals surface area (Å²) in [7, 11) is 0.211. The van der Waals surface area contributed by atoms with E-state index >= 15 is 0 Å². The fourth-order valence-electron chi connectivity index (χ4n) is 2.39. The number of ether oxygens (including phenoxy) is 3. The van der Waals surface area contributed by atoms with E-state index in [-0.39, 0.29) is 22.6 Å². The van der Waals surface area contributed by atoms with Gasteiger partial charge in [-0.15, -0.1) is 0 Å². The second kappa shape index (κ2) is 6.71. The van der Waals surface area contributed by atoms with Crippen molar-refractivity contribution in [2.75, 3.05) is 21.3 Å². The molecule has 3 heterocycles. The van der Waals surface area contributed by atoms with Gasteiger partial charge >= 0.3 is 18.1 Å². The number of aryl methyl sites for hydroxylation is 1. The highest BCUT2D eigenvalue weighted by atomic mass is 32.2. The lowest BCUT2D eigenvalue weighted by Crippen LogP contribution is -2.29. The molecule has 0 saturated carbocycles. The quantitative estimate of drug-likeness (QED) is 0.750. The van der Waals surface area contributed by atoms with Gasteiger partial charge in [0.2, 0.25) is 11.8 Å². The molecule has 0 spiro atoms. The van der Waals surface area contributed by atoms with Gasteiger partial charge in [0.15, 0.2) is 4.90 Å². The summed E-state index contributed by atoms with van der Waals surface area (Å²) in [6, 6.07) is 1.56. The SMILES string of the molecule is COC1=CC(OC)=NC2N=C(NS(=O)(=O)c3c(C)ccnc3OC)N=[N+]12. The summed E-state index contributed by atoms with van der Waals surface area (Å²) in [4.78, 5) is 12.2. The summed E-state index contributed by atoms with van der Waals surface area (Å²) in [6.45, 7) is 1.64. The van der Waals surface area contributed by atoms with Crippen molar-refractivity contribution in [3.63, 3.8) is 0 Å². The molecular formula is C14H17N6O5S+. The minimum absolute atomic E-state index is 0.0222. The van der Waals surface area contributed by atoms with Crippen LogP contribution in [-0.4, -0.2) is 57.6 Å². The van der Waals surface area contributed by atoms with E-state index in [1.54, 1.807) is 13.0 Å². The number of rotatable bonds is 4. The molecule has 138 valence electrons. The van der Waals surface area contributed by atoms with Crippen LogP contribution >= 0.6 is 0 Å². The molecule has 1 aromatic heterocycles. The van der Waals surface area contributed by atoms with E-state index in [1.165, 1.54) is 38.3 Å². The van der Waals surface area contributed by atoms with Crippen molar-refractivity contribution >= 4 is 21.9 Å². The fourth-order valence-corrected chi connectivity index (χ4v) is 3.68. The summed E-state index contributed by atoms with van der Waals surface area (Å²) < 4.78 is 44.5. The molecule has 11 nitrogen and oxygen atoms in total. The lowest BCUT2D eigenvalue weighted by atomic mass is 10.3. The van der Waals surface area contributed by atoms with Gasteiger partial charge in [-0.05, 0) is 18.6 Å². The van der Waals surface area contributed by atoms with Crippen LogP contribution in [0.5, 0.6) is 5.88 Å². The van der Waals surface area contributed by atoms with Gasteiger partial charge in [0, 0.05) is 16.0 Å². The molecule has 0 aliphatic carbocycles. The van der Waals surface area contributed by atoms with Crippen LogP contribution in [0.2, 0.25) is 0 Å². The summed E-state index contributed by atoms with van der Waals surface area (Å²) in [5.41, 5.74) is 0.470. The number of nitrogens with zero attached hydrogens (tertiary/aromatic N) is 5. The maximum atomic E-state index is 12.8. The first-order valence-corrected chi connectivity index (χ1v) is 8.86. The van der Waals surface area contributed by atoms with Gasteiger partial charge in [-0.25, -0.2) is 18.1 Å². The average Bonchev–Trinajstić information content (AvgIpc) is 3.01. The number of azo groups is 2. The molecule has 3 rings (SSSR count). The van der Waals surface area contributed by atoms with Crippen LogP contribution in [0, 0.1) is 6.92 Å². The van der Waals surface area contributed by atoms with E-state index in [0.29, 0.717) is 11.4 Å². The third-order valence-corrected chi connectivity index (χ3v) is 5.03. The normalized spacial score (nSPS) is 18.8. The molecule has 1 N–H and O–H groups in total. The number of fused-ring (bicyclic) bond motifs is 1. The van der Waals surface area contributed by atoms with Crippen molar-refractivity contribution in [1.82, 2.24) is 9.71 Å². The maximum absolute atomic E-state index is 12.8. The first-order chi connectivity index (χ1) is 12.4. The van der Waals surface area contributed by atoms with Gasteiger partial charge in [0.05, 0.1) is 21.3 Å². The molecule has 0 radical (unpaired) electrons. The summed E-state index contributed by atoms with van der Waals surface area (Å²) in [5.74, 6) is 0.432. The van der Waals surface area contributed by atoms with Crippen molar-refractivity contribution in [3.05, 3.63) is 29.8 Å². The van der Waals surface area contributed by atoms with E-state index in [4.69, 9.17) is 14.2 Å². The van der Waals surface area contributed by atoms with Gasteiger partial charge in [0.1, 0.15) is 6.08 Å². The largest absolute Gasteiger partial charge is 0.481 e. The number of guanidine groups is 1. The number of methoxy groups -OCH3 is 3. The van der Waals surface area contributed by atoms with E-state index in [0.717, 1.165) is 0 Å². The van der Waals surface area contributed by atoms with Gasteiger partial charge in [-0.3, -0.25) is 0 Å². The molecule has 1 atom stereocenters. The summed E-state index contributed by atoms with van der Waals surface area (Å²) in [5, 5.41) is 4.10. The Morgan fingerprint density at radius 3 is 2.58 bits per heavy atom. The minimum Gasteiger partial charge on any atom is -0.481 e. The maximum Gasteiger partial charge on any atom is 0.402 e. The molecule has 0 saturated heterocycles. The smallest absolute Gasteiger partial charge is 0.402 e. The highest BCUT2D eigenvalue weighted by Crippen LogP contribution is 2.25. The Labute approximate surface area is 149 Å². The Balaban J connectivity index is 1.95. The Morgan fingerprint density at radius 1 is 1.15 bits per heavy atom. The molecule has 0 fully saturated rings. The third-order valence-electron chi connectivity index (χ3n) is 3.55. The van der Waals surface area contributed by atoms with Crippen molar-refractivity contribution in [1.29, 1.82) is 0 Å². The van der Waals surface area contributed by atoms with Crippen LogP contribution < -0.4 is 9.46 Å². The molecule has 26 heavy (non-hydrogen) atoms. The summed E-state index contributed by atoms with van der Waals surface area (Å²) in [6.07, 6.45) is 2.16. The molecule has 1 aromatic rings. The van der Waals surface area contributed by atoms with Crippen molar-refractivity contribution in [2.45, 2.75) is 18.1 Å². The second-order valence-electron chi connectivity index (χ2n) is 5.17. The topological polar surface area (TPSA) is 127 Å². The number of hydrogen-bond donors (Lipinski definition) is 1. The van der Waals surface area contributed by atoms with Crippen molar-refractivity contribution in [3.8, 4) is 5.88 Å². The first-order valence-electron chi connectivity index (χ1n) is 7.38. The third kappa shape index (κ3) is 3.10. The van der Waals surface area contributed by atoms with Gasteiger partial charge in [-0.2, -0.15) is 9.98 Å². The zero-order valence-corrected chi connectivity index (χ0v) is 15.3. The van der Waals surface area contributed by atoms with Gasteiger partial charge in [0.25, 0.3) is 10.0 Å². The van der Waals surface area contributed by atoms with Crippen LogP contribution in [0.25, 0.3) is 0 Å². The predicted octanol–water partition coefficient (Wildman–Crippen LogP) is 0.341. The van der Waals surface area contributed by atoms with E-state index in [1.807, 2.05) is 0 Å². The number of aliphatic imine (C=N–C) groups is 2. The molecule has 0 bridgehead atoms. The number of aromatic nitrogens is 1. The van der Waals surface area contributed by atoms with Crippen LogP contribution in [0.15, 0.2) is 44.2 Å². The Hall–Kier alpha value is -3.02. The van der Waals surface area contributed by atoms with E-state index in [9.17, 15) is 8.42 Å². The van der Waals surface area contributed by atoms with E-state index in [2.05, 4.69) is 24.8 Å². The molecule has 2 aliphatic heterocycles. The predicted molar refractivity (Wildman–Crippen MR) is 89.3 cm³/mol. The fraction of sp³-hybridized carbons (Fsp3) is 0.357. The number of sulfonamides is 1. The second-order valence-corrected chi connectivity index (χ2v) is 6.79. The molecule has 0 amide bonds. The minimum atomic E-state index is -4.03. The highest BCUT2D eigenvalue weighted by Gasteiger charge is 2.40. The summed E-state index contributed by atoms with van der Waals surface area (Å²) >= 11 is 0. The molecular weight excluding hydrogens is 364 g/mol. The lowest BCUT2D eigenvalue weighted by Gasteiger charge is -2.10. The van der Waals surface area contributed by atoms with Crippen LogP contribution in [-0.2, 0) is 19.5 Å². The van der Waals surface area contributed by atoms with Crippen molar-refractivity contribution in [2.24, 2.45) is 15.1 Å². The Morgan fingerprint density at radius 2 is 1.92 bits per heavy atom. The lowest BCUT2D eigenvalue weighted by molar-refractivity contribution is -0.595. The Kier molecular flexibility index (Phi) is 4.59. The average molecular weight is 381 g/mol. The van der Waals surface area contributed by atoms with Gasteiger partial charge in [-0.1, -0.05) is 0 Å². The number of nitrogens with one attached hydrogen (secondary N) is 1. The molecule has 2 aliphatic rings. The van der Waals surface area contributed by atoms with Crippen LogP contribution in [0.1, 0.15) is 5.56 Å². The van der Waals surface area contributed by atoms with Crippen molar-refractivity contribution < 1.29 is 27.3 Å². The number of pyridine rings is 1. The first kappa shape index (κ1) is 17.8. The monoisotopic (exact) mass is 381 g/mol. The zero-order chi connectivity index (χ0) is 18.9. The van der Waals surface area contributed by atoms with Gasteiger partial charge < -0.3 is 14.2 Å². The van der Waals surface area contributed by atoms with Crippen LogP contribution in [0.3, 0.4) is 0 Å². The zero-order valence-electron chi connectivity index (χ0n) is 14.5. The van der Waals surface area contributed by atoms with E-state index < -0.39 is 16.3 Å². The molecule has 12 heteroatoms. The molecule has 1 unspecified atom stereocenters. The highest BCUT2D eigenvalue weighted by molar-refractivity contribution is 7.90. The Bertz CT molecular complexity index is 966.